The highest BCUT2D eigenvalue weighted by atomic mass is 127. The number of aliphatic imine (C=N–C) groups is 1. The third-order valence-corrected chi connectivity index (χ3v) is 3.03. The Morgan fingerprint density at radius 2 is 1.83 bits per heavy atom. The van der Waals surface area contributed by atoms with Gasteiger partial charge in [-0.2, -0.15) is 0 Å². The number of nitrogens with one attached hydrogen (secondary N) is 1. The van der Waals surface area contributed by atoms with Crippen molar-refractivity contribution in [1.82, 2.24) is 5.32 Å². The van der Waals surface area contributed by atoms with Crippen LogP contribution in [0.15, 0.2) is 29.3 Å². The summed E-state index contributed by atoms with van der Waals surface area (Å²) >= 11 is 0. The van der Waals surface area contributed by atoms with Gasteiger partial charge in [-0.25, -0.2) is 13.8 Å². The Balaban J connectivity index is 0.00000264. The van der Waals surface area contributed by atoms with Gasteiger partial charge in [0.1, 0.15) is 5.75 Å². The summed E-state index contributed by atoms with van der Waals surface area (Å²) in [6.07, 6.45) is -5.31. The SMILES string of the molecule is I.NC(=NCc1ccc(OC(F)(F)F)cc1)NC1CC(F)(F)C1. The first-order valence-corrected chi connectivity index (χ1v) is 6.42. The summed E-state index contributed by atoms with van der Waals surface area (Å²) in [6.45, 7) is 0.119. The average molecular weight is 451 g/mol. The molecule has 10 heteroatoms. The van der Waals surface area contributed by atoms with Crippen LogP contribution < -0.4 is 15.8 Å². The Bertz CT molecular complexity index is 540. The largest absolute Gasteiger partial charge is 0.573 e. The van der Waals surface area contributed by atoms with E-state index in [1.54, 1.807) is 0 Å². The van der Waals surface area contributed by atoms with Crippen LogP contribution in [0.5, 0.6) is 5.75 Å². The fourth-order valence-electron chi connectivity index (χ4n) is 1.99. The first kappa shape index (κ1) is 19.7. The van der Waals surface area contributed by atoms with Gasteiger partial charge in [0.05, 0.1) is 6.54 Å². The van der Waals surface area contributed by atoms with E-state index in [1.165, 1.54) is 12.1 Å². The molecule has 1 saturated carbocycles. The van der Waals surface area contributed by atoms with Crippen molar-refractivity contribution in [2.75, 3.05) is 0 Å². The van der Waals surface area contributed by atoms with Crippen molar-refractivity contribution in [2.45, 2.75) is 37.7 Å². The molecule has 0 saturated heterocycles. The number of nitrogens with zero attached hydrogens (tertiary/aromatic N) is 1. The van der Waals surface area contributed by atoms with Gasteiger partial charge in [-0.15, -0.1) is 37.1 Å². The van der Waals surface area contributed by atoms with Crippen LogP contribution in [0.25, 0.3) is 0 Å². The summed E-state index contributed by atoms with van der Waals surface area (Å²) in [5.74, 6) is -2.95. The van der Waals surface area contributed by atoms with Crippen molar-refractivity contribution in [3.63, 3.8) is 0 Å². The number of rotatable bonds is 4. The van der Waals surface area contributed by atoms with Crippen molar-refractivity contribution < 1.29 is 26.7 Å². The van der Waals surface area contributed by atoms with E-state index in [2.05, 4.69) is 15.0 Å². The maximum absolute atomic E-state index is 12.6. The molecule has 3 N–H and O–H groups in total. The minimum absolute atomic E-state index is 0. The number of alkyl halides is 5. The van der Waals surface area contributed by atoms with Gasteiger partial charge in [-0.05, 0) is 17.7 Å². The molecular weight excluding hydrogens is 436 g/mol. The molecule has 2 rings (SSSR count). The van der Waals surface area contributed by atoms with Crippen LogP contribution >= 0.6 is 24.0 Å². The number of hydrogen-bond acceptors (Lipinski definition) is 2. The molecule has 1 aliphatic rings. The zero-order valence-electron chi connectivity index (χ0n) is 11.7. The van der Waals surface area contributed by atoms with E-state index in [-0.39, 0.29) is 55.1 Å². The molecule has 4 nitrogen and oxygen atoms in total. The Morgan fingerprint density at radius 1 is 1.26 bits per heavy atom. The highest BCUT2D eigenvalue weighted by Gasteiger charge is 2.45. The molecule has 130 valence electrons. The number of ether oxygens (including phenoxy) is 1. The van der Waals surface area contributed by atoms with Gasteiger partial charge < -0.3 is 15.8 Å². The standard InChI is InChI=1S/C13H14F5N3O.HI/c14-12(15)5-9(6-12)21-11(19)20-7-8-1-3-10(4-2-8)22-13(16,17)18;/h1-4,9H,5-7H2,(H3,19,20,21);1H. The van der Waals surface area contributed by atoms with Crippen molar-refractivity contribution in [3.05, 3.63) is 29.8 Å². The second kappa shape index (κ2) is 7.49. The highest BCUT2D eigenvalue weighted by molar-refractivity contribution is 14.0. The van der Waals surface area contributed by atoms with Crippen LogP contribution in [0.3, 0.4) is 0 Å². The van der Waals surface area contributed by atoms with E-state index >= 15 is 0 Å². The molecule has 0 heterocycles. The van der Waals surface area contributed by atoms with Crippen LogP contribution in [0.4, 0.5) is 22.0 Å². The lowest BCUT2D eigenvalue weighted by Crippen LogP contribution is -2.52. The van der Waals surface area contributed by atoms with Gasteiger partial charge in [-0.1, -0.05) is 12.1 Å². The van der Waals surface area contributed by atoms with E-state index in [4.69, 9.17) is 5.73 Å². The fourth-order valence-corrected chi connectivity index (χ4v) is 1.99. The summed E-state index contributed by atoms with van der Waals surface area (Å²) < 4.78 is 65.0. The normalized spacial score (nSPS) is 17.9. The topological polar surface area (TPSA) is 59.6 Å². The first-order chi connectivity index (χ1) is 10.1. The molecule has 0 aliphatic heterocycles. The molecule has 0 aromatic heterocycles. The van der Waals surface area contributed by atoms with Crippen LogP contribution in [-0.4, -0.2) is 24.3 Å². The van der Waals surface area contributed by atoms with Gasteiger partial charge in [-0.3, -0.25) is 0 Å². The average Bonchev–Trinajstić information content (AvgIpc) is 2.34. The number of hydrogen-bond donors (Lipinski definition) is 2. The van der Waals surface area contributed by atoms with Crippen molar-refractivity contribution in [2.24, 2.45) is 10.7 Å². The van der Waals surface area contributed by atoms with Crippen LogP contribution in [0.1, 0.15) is 18.4 Å². The molecule has 0 unspecified atom stereocenters. The molecule has 1 aromatic carbocycles. The van der Waals surface area contributed by atoms with E-state index in [1.807, 2.05) is 0 Å². The lowest BCUT2D eigenvalue weighted by Gasteiger charge is -2.35. The quantitative estimate of drug-likeness (QED) is 0.320. The van der Waals surface area contributed by atoms with Gasteiger partial charge in [0.15, 0.2) is 5.96 Å². The monoisotopic (exact) mass is 451 g/mol. The molecule has 0 spiro atoms. The van der Waals surface area contributed by atoms with Gasteiger partial charge in [0.2, 0.25) is 0 Å². The summed E-state index contributed by atoms with van der Waals surface area (Å²) in [7, 11) is 0. The van der Waals surface area contributed by atoms with Crippen molar-refractivity contribution in [3.8, 4) is 5.75 Å². The Kier molecular flexibility index (Phi) is 6.42. The number of nitrogens with two attached hydrogens (primary N) is 1. The summed E-state index contributed by atoms with van der Waals surface area (Å²) in [6, 6.07) is 4.74. The zero-order valence-corrected chi connectivity index (χ0v) is 14.1. The molecule has 23 heavy (non-hydrogen) atoms. The van der Waals surface area contributed by atoms with E-state index in [0.29, 0.717) is 5.56 Å². The summed E-state index contributed by atoms with van der Waals surface area (Å²) in [5, 5.41) is 2.66. The fraction of sp³-hybridized carbons (Fsp3) is 0.462. The Hall–Kier alpha value is -1.33. The molecular formula is C13H15F5IN3O. The summed E-state index contributed by atoms with van der Waals surface area (Å²) in [4.78, 5) is 3.94. The Morgan fingerprint density at radius 3 is 2.30 bits per heavy atom. The predicted octanol–water partition coefficient (Wildman–Crippen LogP) is 3.41. The molecule has 0 amide bonds. The maximum Gasteiger partial charge on any atom is 0.573 e. The molecule has 0 atom stereocenters. The van der Waals surface area contributed by atoms with Gasteiger partial charge >= 0.3 is 6.36 Å². The lowest BCUT2D eigenvalue weighted by atomic mass is 9.88. The molecule has 0 radical (unpaired) electrons. The minimum atomic E-state index is -4.74. The first-order valence-electron chi connectivity index (χ1n) is 6.42. The van der Waals surface area contributed by atoms with Crippen LogP contribution in [0.2, 0.25) is 0 Å². The summed E-state index contributed by atoms with van der Waals surface area (Å²) in [5.41, 5.74) is 6.16. The number of halogens is 6. The van der Waals surface area contributed by atoms with Crippen LogP contribution in [0, 0.1) is 0 Å². The van der Waals surface area contributed by atoms with Crippen molar-refractivity contribution >= 4 is 29.9 Å². The third kappa shape index (κ3) is 6.75. The molecule has 1 aromatic rings. The smallest absolute Gasteiger partial charge is 0.406 e. The van der Waals surface area contributed by atoms with E-state index in [9.17, 15) is 22.0 Å². The lowest BCUT2D eigenvalue weighted by molar-refractivity contribution is -0.274. The Labute approximate surface area is 146 Å². The molecule has 1 aliphatic carbocycles. The van der Waals surface area contributed by atoms with E-state index in [0.717, 1.165) is 12.1 Å². The second-order valence-corrected chi connectivity index (χ2v) is 5.00. The van der Waals surface area contributed by atoms with Crippen LogP contribution in [-0.2, 0) is 6.54 Å². The molecule has 0 bridgehead atoms. The number of benzene rings is 1. The predicted molar refractivity (Wildman–Crippen MR) is 85.0 cm³/mol. The number of guanidine groups is 1. The minimum Gasteiger partial charge on any atom is -0.406 e. The zero-order chi connectivity index (χ0) is 16.4. The highest BCUT2D eigenvalue weighted by Crippen LogP contribution is 2.37. The molecule has 1 fully saturated rings. The maximum atomic E-state index is 12.6. The second-order valence-electron chi connectivity index (χ2n) is 5.00. The van der Waals surface area contributed by atoms with E-state index < -0.39 is 18.3 Å². The van der Waals surface area contributed by atoms with Crippen molar-refractivity contribution in [1.29, 1.82) is 0 Å². The van der Waals surface area contributed by atoms with Gasteiger partial charge in [0, 0.05) is 18.9 Å². The third-order valence-electron chi connectivity index (χ3n) is 3.03. The van der Waals surface area contributed by atoms with Gasteiger partial charge in [0.25, 0.3) is 5.92 Å².